The van der Waals surface area contributed by atoms with Crippen LogP contribution in [0.5, 0.6) is 0 Å². The van der Waals surface area contributed by atoms with Gasteiger partial charge in [-0.1, -0.05) is 12.7 Å². The molecular weight excluding hydrogens is 218 g/mol. The standard InChI is InChI=1S/C12H9N3S/c1-2-9-3-4-11-14-7-10(15(11)8-9)12-13-5-6-16-12/h2-8H,1H2. The monoisotopic (exact) mass is 227 g/mol. The molecule has 0 aliphatic heterocycles. The van der Waals surface area contributed by atoms with Gasteiger partial charge in [-0.2, -0.15) is 0 Å². The molecule has 3 aromatic rings. The maximum atomic E-state index is 4.35. The highest BCUT2D eigenvalue weighted by Gasteiger charge is 2.07. The van der Waals surface area contributed by atoms with Crippen molar-refractivity contribution in [3.05, 3.63) is 48.2 Å². The van der Waals surface area contributed by atoms with E-state index in [1.807, 2.05) is 40.4 Å². The molecule has 0 aromatic carbocycles. The molecule has 3 aromatic heterocycles. The molecule has 0 amide bonds. The number of hydrogen-bond acceptors (Lipinski definition) is 3. The molecule has 0 atom stereocenters. The van der Waals surface area contributed by atoms with Crippen molar-refractivity contribution < 1.29 is 0 Å². The van der Waals surface area contributed by atoms with Gasteiger partial charge in [0.05, 0.1) is 6.20 Å². The quantitative estimate of drug-likeness (QED) is 0.673. The lowest BCUT2D eigenvalue weighted by Gasteiger charge is -1.99. The Bertz CT molecular complexity index is 637. The largest absolute Gasteiger partial charge is 0.297 e. The molecule has 3 rings (SSSR count). The molecule has 78 valence electrons. The van der Waals surface area contributed by atoms with E-state index in [1.165, 1.54) is 0 Å². The van der Waals surface area contributed by atoms with Crippen LogP contribution >= 0.6 is 11.3 Å². The van der Waals surface area contributed by atoms with Crippen molar-refractivity contribution in [3.63, 3.8) is 0 Å². The highest BCUT2D eigenvalue weighted by atomic mass is 32.1. The lowest BCUT2D eigenvalue weighted by molar-refractivity contribution is 1.18. The molecule has 0 fully saturated rings. The third-order valence-electron chi connectivity index (χ3n) is 2.42. The molecule has 0 unspecified atom stereocenters. The summed E-state index contributed by atoms with van der Waals surface area (Å²) in [5, 5.41) is 2.94. The van der Waals surface area contributed by atoms with Crippen LogP contribution in [-0.4, -0.2) is 14.4 Å². The SMILES string of the molecule is C=Cc1ccc2ncc(-c3nccs3)n2c1. The molecule has 0 saturated heterocycles. The van der Waals surface area contributed by atoms with Gasteiger partial charge in [0.1, 0.15) is 16.3 Å². The van der Waals surface area contributed by atoms with Crippen molar-refractivity contribution in [2.24, 2.45) is 0 Å². The normalized spacial score (nSPS) is 10.8. The van der Waals surface area contributed by atoms with E-state index in [2.05, 4.69) is 16.5 Å². The third-order valence-corrected chi connectivity index (χ3v) is 3.21. The van der Waals surface area contributed by atoms with E-state index >= 15 is 0 Å². The lowest BCUT2D eigenvalue weighted by atomic mass is 10.3. The predicted molar refractivity (Wildman–Crippen MR) is 66.4 cm³/mol. The second kappa shape index (κ2) is 3.57. The molecule has 0 N–H and O–H groups in total. The molecule has 0 aliphatic rings. The fraction of sp³-hybridized carbons (Fsp3) is 0. The van der Waals surface area contributed by atoms with E-state index in [0.717, 1.165) is 21.9 Å². The summed E-state index contributed by atoms with van der Waals surface area (Å²) < 4.78 is 2.04. The lowest BCUT2D eigenvalue weighted by Crippen LogP contribution is -1.88. The molecule has 3 nitrogen and oxygen atoms in total. The molecule has 3 heterocycles. The Kier molecular flexibility index (Phi) is 2.08. The number of aromatic nitrogens is 3. The molecular formula is C12H9N3S. The van der Waals surface area contributed by atoms with Crippen molar-refractivity contribution in [3.8, 4) is 10.7 Å². The van der Waals surface area contributed by atoms with Gasteiger partial charge >= 0.3 is 0 Å². The Hall–Kier alpha value is -1.94. The Balaban J connectivity index is 2.29. The number of pyridine rings is 1. The van der Waals surface area contributed by atoms with Crippen LogP contribution in [0.25, 0.3) is 22.4 Å². The van der Waals surface area contributed by atoms with Crippen molar-refractivity contribution in [2.75, 3.05) is 0 Å². The Morgan fingerprint density at radius 3 is 3.00 bits per heavy atom. The van der Waals surface area contributed by atoms with Crippen LogP contribution in [0.3, 0.4) is 0 Å². The second-order valence-corrected chi connectivity index (χ2v) is 4.27. The summed E-state index contributed by atoms with van der Waals surface area (Å²) in [5.74, 6) is 0. The third kappa shape index (κ3) is 1.35. The number of rotatable bonds is 2. The maximum Gasteiger partial charge on any atom is 0.141 e. The molecule has 4 heteroatoms. The smallest absolute Gasteiger partial charge is 0.141 e. The summed E-state index contributed by atoms with van der Waals surface area (Å²) in [4.78, 5) is 8.64. The van der Waals surface area contributed by atoms with Crippen molar-refractivity contribution >= 4 is 23.1 Å². The maximum absolute atomic E-state index is 4.35. The van der Waals surface area contributed by atoms with Crippen LogP contribution in [0.15, 0.2) is 42.7 Å². The van der Waals surface area contributed by atoms with Gasteiger partial charge < -0.3 is 0 Å². The molecule has 16 heavy (non-hydrogen) atoms. The zero-order valence-corrected chi connectivity index (χ0v) is 9.31. The highest BCUT2D eigenvalue weighted by molar-refractivity contribution is 7.13. The molecule has 0 bridgehead atoms. The fourth-order valence-corrected chi connectivity index (χ4v) is 2.27. The van der Waals surface area contributed by atoms with Crippen LogP contribution in [0.2, 0.25) is 0 Å². The highest BCUT2D eigenvalue weighted by Crippen LogP contribution is 2.23. The number of nitrogens with zero attached hydrogens (tertiary/aromatic N) is 3. The zero-order valence-electron chi connectivity index (χ0n) is 8.50. The number of hydrogen-bond donors (Lipinski definition) is 0. The van der Waals surface area contributed by atoms with E-state index in [0.29, 0.717) is 0 Å². The average molecular weight is 227 g/mol. The van der Waals surface area contributed by atoms with E-state index < -0.39 is 0 Å². The summed E-state index contributed by atoms with van der Waals surface area (Å²) in [5.41, 5.74) is 3.02. The van der Waals surface area contributed by atoms with Gasteiger partial charge in [0.15, 0.2) is 0 Å². The van der Waals surface area contributed by atoms with Gasteiger partial charge in [-0.3, -0.25) is 4.40 Å². The summed E-state index contributed by atoms with van der Waals surface area (Å²) in [6.45, 7) is 3.77. The van der Waals surface area contributed by atoms with Gasteiger partial charge in [0.25, 0.3) is 0 Å². The predicted octanol–water partition coefficient (Wildman–Crippen LogP) is 3.10. The summed E-state index contributed by atoms with van der Waals surface area (Å²) >= 11 is 1.61. The Morgan fingerprint density at radius 2 is 2.25 bits per heavy atom. The van der Waals surface area contributed by atoms with Crippen molar-refractivity contribution in [1.82, 2.24) is 14.4 Å². The van der Waals surface area contributed by atoms with Gasteiger partial charge in [0, 0.05) is 17.8 Å². The molecule has 0 radical (unpaired) electrons. The van der Waals surface area contributed by atoms with E-state index in [9.17, 15) is 0 Å². The summed E-state index contributed by atoms with van der Waals surface area (Å²) in [7, 11) is 0. The first-order valence-corrected chi connectivity index (χ1v) is 5.76. The van der Waals surface area contributed by atoms with Gasteiger partial charge in [0.2, 0.25) is 0 Å². The van der Waals surface area contributed by atoms with Gasteiger partial charge in [-0.05, 0) is 17.7 Å². The topological polar surface area (TPSA) is 30.2 Å². The first kappa shape index (κ1) is 9.30. The van der Waals surface area contributed by atoms with Gasteiger partial charge in [-0.25, -0.2) is 9.97 Å². The first-order valence-electron chi connectivity index (χ1n) is 4.88. The Morgan fingerprint density at radius 1 is 1.31 bits per heavy atom. The van der Waals surface area contributed by atoms with Crippen molar-refractivity contribution in [1.29, 1.82) is 0 Å². The number of thiazole rings is 1. The summed E-state index contributed by atoms with van der Waals surface area (Å²) in [6, 6.07) is 3.98. The van der Waals surface area contributed by atoms with Crippen LogP contribution < -0.4 is 0 Å². The minimum Gasteiger partial charge on any atom is -0.297 e. The summed E-state index contributed by atoms with van der Waals surface area (Å²) in [6.07, 6.45) is 7.49. The van der Waals surface area contributed by atoms with Crippen LogP contribution in [-0.2, 0) is 0 Å². The fourth-order valence-electron chi connectivity index (χ4n) is 1.63. The number of fused-ring (bicyclic) bond motifs is 1. The minimum atomic E-state index is 0.927. The van der Waals surface area contributed by atoms with Crippen LogP contribution in [0.1, 0.15) is 5.56 Å². The molecule has 0 spiro atoms. The first-order chi connectivity index (χ1) is 7.88. The van der Waals surface area contributed by atoms with E-state index in [1.54, 1.807) is 17.5 Å². The van der Waals surface area contributed by atoms with E-state index in [4.69, 9.17) is 0 Å². The second-order valence-electron chi connectivity index (χ2n) is 3.38. The minimum absolute atomic E-state index is 0.927. The zero-order chi connectivity index (χ0) is 11.0. The molecule has 0 saturated carbocycles. The van der Waals surface area contributed by atoms with E-state index in [-0.39, 0.29) is 0 Å². The van der Waals surface area contributed by atoms with Crippen LogP contribution in [0.4, 0.5) is 0 Å². The molecule has 0 aliphatic carbocycles. The van der Waals surface area contributed by atoms with Crippen molar-refractivity contribution in [2.45, 2.75) is 0 Å². The Labute approximate surface area is 96.7 Å². The van der Waals surface area contributed by atoms with Crippen LogP contribution in [0, 0.1) is 0 Å². The number of imidazole rings is 1. The van der Waals surface area contributed by atoms with Gasteiger partial charge in [-0.15, -0.1) is 11.3 Å². The average Bonchev–Trinajstić information content (AvgIpc) is 2.96.